The van der Waals surface area contributed by atoms with Gasteiger partial charge in [0.25, 0.3) is 5.82 Å². The summed E-state index contributed by atoms with van der Waals surface area (Å²) in [5, 5.41) is 8.79. The van der Waals surface area contributed by atoms with Crippen molar-refractivity contribution < 1.29 is 14.5 Å². The van der Waals surface area contributed by atoms with Crippen LogP contribution in [0, 0.1) is 0 Å². The number of benzene rings is 1. The third-order valence-electron chi connectivity index (χ3n) is 3.16. The van der Waals surface area contributed by atoms with Gasteiger partial charge < -0.3 is 10.1 Å². The van der Waals surface area contributed by atoms with Crippen molar-refractivity contribution in [3.05, 3.63) is 34.7 Å². The monoisotopic (exact) mass is 300 g/mol. The molecule has 8 heteroatoms. The number of aromatic nitrogens is 4. The van der Waals surface area contributed by atoms with Gasteiger partial charge in [0.1, 0.15) is 11.3 Å². The second-order valence-electron chi connectivity index (χ2n) is 4.71. The fourth-order valence-electron chi connectivity index (χ4n) is 2.22. The van der Waals surface area contributed by atoms with Gasteiger partial charge in [0.15, 0.2) is 5.52 Å². The van der Waals surface area contributed by atoms with Crippen molar-refractivity contribution in [2.45, 2.75) is 6.92 Å². The van der Waals surface area contributed by atoms with E-state index in [1.807, 2.05) is 0 Å². The summed E-state index contributed by atoms with van der Waals surface area (Å²) in [4.78, 5) is 28.9. The van der Waals surface area contributed by atoms with Gasteiger partial charge in [0.2, 0.25) is 11.4 Å². The van der Waals surface area contributed by atoms with Crippen LogP contribution in [0.15, 0.2) is 29.2 Å². The van der Waals surface area contributed by atoms with E-state index in [0.717, 1.165) is 5.56 Å². The zero-order valence-corrected chi connectivity index (χ0v) is 12.0. The van der Waals surface area contributed by atoms with Crippen molar-refractivity contribution in [2.75, 3.05) is 12.4 Å². The zero-order chi connectivity index (χ0) is 15.7. The molecule has 0 radical (unpaired) electrons. The molecule has 0 aliphatic rings. The van der Waals surface area contributed by atoms with Gasteiger partial charge in [0, 0.05) is 18.7 Å². The number of hydrogen-bond donors (Lipinski definition) is 3. The standard InChI is InChI=1S/C14H13N5O3/c1-7(20)16-8-3-4-9(11(5-8)22-2)13-17-10-6-15-19-14(21)12(10)18-13/h3-6H,1-2H3,(H,16,20)(H,17,18)(H,19,21)/p+1. The van der Waals surface area contributed by atoms with E-state index in [2.05, 4.69) is 25.5 Å². The van der Waals surface area contributed by atoms with Crippen LogP contribution in [0.25, 0.3) is 22.4 Å². The molecule has 0 spiro atoms. The number of rotatable bonds is 3. The SMILES string of the molecule is COc1cc(NC(C)=O)ccc1-c1[nH]c2cn[nH]c(=O)c2[nH+]1. The number of nitrogens with one attached hydrogen (secondary N) is 4. The Morgan fingerprint density at radius 1 is 1.41 bits per heavy atom. The lowest BCUT2D eigenvalue weighted by atomic mass is 10.1. The van der Waals surface area contributed by atoms with E-state index < -0.39 is 0 Å². The molecule has 0 saturated heterocycles. The Kier molecular flexibility index (Phi) is 3.34. The van der Waals surface area contributed by atoms with Crippen LogP contribution in [0.4, 0.5) is 5.69 Å². The molecule has 2 heterocycles. The van der Waals surface area contributed by atoms with Crippen LogP contribution >= 0.6 is 0 Å². The fraction of sp³-hybridized carbons (Fsp3) is 0.143. The Bertz CT molecular complexity index is 912. The lowest BCUT2D eigenvalue weighted by molar-refractivity contribution is -0.331. The highest BCUT2D eigenvalue weighted by Gasteiger charge is 2.19. The molecule has 3 rings (SSSR count). The van der Waals surface area contributed by atoms with Crippen molar-refractivity contribution in [3.63, 3.8) is 0 Å². The number of methoxy groups -OCH3 is 1. The minimum Gasteiger partial charge on any atom is -0.496 e. The Morgan fingerprint density at radius 2 is 2.23 bits per heavy atom. The van der Waals surface area contributed by atoms with Gasteiger partial charge in [-0.15, -0.1) is 0 Å². The molecule has 4 N–H and O–H groups in total. The van der Waals surface area contributed by atoms with Crippen molar-refractivity contribution in [2.24, 2.45) is 0 Å². The summed E-state index contributed by atoms with van der Waals surface area (Å²) in [7, 11) is 1.54. The van der Waals surface area contributed by atoms with E-state index >= 15 is 0 Å². The number of carbonyl (C=O) groups excluding carboxylic acids is 1. The average molecular weight is 300 g/mol. The van der Waals surface area contributed by atoms with Gasteiger partial charge in [-0.25, -0.2) is 15.1 Å². The van der Waals surface area contributed by atoms with Crippen LogP contribution in [0.5, 0.6) is 5.75 Å². The summed E-state index contributed by atoms with van der Waals surface area (Å²) in [6.45, 7) is 1.44. The normalized spacial score (nSPS) is 10.6. The van der Waals surface area contributed by atoms with Crippen molar-refractivity contribution in [3.8, 4) is 17.1 Å². The number of imidazole rings is 1. The van der Waals surface area contributed by atoms with Crippen LogP contribution < -0.4 is 20.6 Å². The highest BCUT2D eigenvalue weighted by Crippen LogP contribution is 2.30. The summed E-state index contributed by atoms with van der Waals surface area (Å²) in [5.41, 5.74) is 2.04. The first kappa shape index (κ1) is 13.8. The number of aromatic amines is 3. The second kappa shape index (κ2) is 5.32. The van der Waals surface area contributed by atoms with Crippen LogP contribution in [0.1, 0.15) is 6.92 Å². The number of hydrogen-bond acceptors (Lipinski definition) is 4. The first-order valence-electron chi connectivity index (χ1n) is 6.53. The van der Waals surface area contributed by atoms with Gasteiger partial charge >= 0.3 is 5.56 Å². The van der Waals surface area contributed by atoms with E-state index in [9.17, 15) is 9.59 Å². The van der Waals surface area contributed by atoms with E-state index in [1.165, 1.54) is 20.2 Å². The molecule has 1 amide bonds. The average Bonchev–Trinajstić information content (AvgIpc) is 2.92. The summed E-state index contributed by atoms with van der Waals surface area (Å²) >= 11 is 0. The van der Waals surface area contributed by atoms with Crippen molar-refractivity contribution in [1.29, 1.82) is 0 Å². The third kappa shape index (κ3) is 2.41. The highest BCUT2D eigenvalue weighted by atomic mass is 16.5. The summed E-state index contributed by atoms with van der Waals surface area (Å²) in [6, 6.07) is 5.24. The Balaban J connectivity index is 2.11. The first-order chi connectivity index (χ1) is 10.6. The van der Waals surface area contributed by atoms with Gasteiger partial charge in [0.05, 0.1) is 13.3 Å². The first-order valence-corrected chi connectivity index (χ1v) is 6.53. The van der Waals surface area contributed by atoms with E-state index in [1.54, 1.807) is 18.2 Å². The van der Waals surface area contributed by atoms with E-state index in [-0.39, 0.29) is 11.5 Å². The molecule has 2 aromatic heterocycles. The van der Waals surface area contributed by atoms with E-state index in [4.69, 9.17) is 4.74 Å². The topological polar surface area (TPSA) is 114 Å². The van der Waals surface area contributed by atoms with Crippen LogP contribution in [0.3, 0.4) is 0 Å². The lowest BCUT2D eigenvalue weighted by Crippen LogP contribution is -2.16. The quantitative estimate of drug-likeness (QED) is 0.660. The smallest absolute Gasteiger partial charge is 0.315 e. The van der Waals surface area contributed by atoms with E-state index in [0.29, 0.717) is 28.3 Å². The lowest BCUT2D eigenvalue weighted by Gasteiger charge is -2.07. The van der Waals surface area contributed by atoms with Gasteiger partial charge in [-0.1, -0.05) is 0 Å². The largest absolute Gasteiger partial charge is 0.496 e. The number of amides is 1. The molecule has 0 bridgehead atoms. The molecule has 0 fully saturated rings. The van der Waals surface area contributed by atoms with Gasteiger partial charge in [-0.05, 0) is 12.1 Å². The fourth-order valence-corrected chi connectivity index (χ4v) is 2.22. The van der Waals surface area contributed by atoms with Gasteiger partial charge in [-0.2, -0.15) is 5.10 Å². The molecule has 112 valence electrons. The maximum atomic E-state index is 11.7. The molecule has 0 aliphatic carbocycles. The number of ether oxygens (including phenoxy) is 1. The maximum absolute atomic E-state index is 11.7. The molecule has 22 heavy (non-hydrogen) atoms. The van der Waals surface area contributed by atoms with Crippen LogP contribution in [0.2, 0.25) is 0 Å². The Hall–Kier alpha value is -3.16. The molecule has 0 unspecified atom stereocenters. The number of fused-ring (bicyclic) bond motifs is 1. The predicted molar refractivity (Wildman–Crippen MR) is 79.6 cm³/mol. The van der Waals surface area contributed by atoms with Gasteiger partial charge in [-0.3, -0.25) is 9.59 Å². The number of nitrogens with zero attached hydrogens (tertiary/aromatic N) is 1. The van der Waals surface area contributed by atoms with Crippen LogP contribution in [-0.4, -0.2) is 28.2 Å². The number of anilines is 1. The summed E-state index contributed by atoms with van der Waals surface area (Å²) in [5.74, 6) is 1.00. The molecule has 3 aromatic rings. The molecule has 0 aliphatic heterocycles. The maximum Gasteiger partial charge on any atom is 0.315 e. The highest BCUT2D eigenvalue weighted by molar-refractivity contribution is 5.89. The van der Waals surface area contributed by atoms with Crippen molar-refractivity contribution in [1.82, 2.24) is 15.2 Å². The number of H-pyrrole nitrogens is 3. The molecule has 1 aromatic carbocycles. The van der Waals surface area contributed by atoms with Crippen LogP contribution in [-0.2, 0) is 4.79 Å². The molecule has 0 atom stereocenters. The molecule has 0 saturated carbocycles. The third-order valence-corrected chi connectivity index (χ3v) is 3.16. The molecular formula is C14H14N5O3+. The molecule has 8 nitrogen and oxygen atoms in total. The second-order valence-corrected chi connectivity index (χ2v) is 4.71. The summed E-state index contributed by atoms with van der Waals surface area (Å²) in [6.07, 6.45) is 1.52. The minimum atomic E-state index is -0.311. The Labute approximate surface area is 124 Å². The zero-order valence-electron chi connectivity index (χ0n) is 12.0. The van der Waals surface area contributed by atoms with Crippen molar-refractivity contribution >= 4 is 22.6 Å². The summed E-state index contributed by atoms with van der Waals surface area (Å²) < 4.78 is 5.36. The molecular weight excluding hydrogens is 286 g/mol. The predicted octanol–water partition coefficient (Wildman–Crippen LogP) is 0.699. The number of carbonyl (C=O) groups is 1. The minimum absolute atomic E-state index is 0.162. The Morgan fingerprint density at radius 3 is 2.91 bits per heavy atom.